The lowest BCUT2D eigenvalue weighted by Crippen LogP contribution is -2.59. The van der Waals surface area contributed by atoms with Crippen molar-refractivity contribution < 1.29 is 0 Å². The van der Waals surface area contributed by atoms with Crippen LogP contribution in [-0.4, -0.2) is 6.71 Å². The maximum absolute atomic E-state index is 2.68. The van der Waals surface area contributed by atoms with Crippen molar-refractivity contribution in [1.82, 2.24) is 0 Å². The van der Waals surface area contributed by atoms with E-state index in [1.165, 1.54) is 103 Å². The van der Waals surface area contributed by atoms with Gasteiger partial charge in [-0.05, 0) is 144 Å². The molecule has 2 aromatic heterocycles. The Morgan fingerprint density at radius 2 is 0.697 bits per heavy atom. The Balaban J connectivity index is 1.37. The third-order valence-corrected chi connectivity index (χ3v) is 18.6. The first-order valence-electron chi connectivity index (χ1n) is 27.6. The summed E-state index contributed by atoms with van der Waals surface area (Å²) < 4.78 is 5.61. The van der Waals surface area contributed by atoms with Gasteiger partial charge in [-0.15, -0.1) is 22.7 Å². The van der Waals surface area contributed by atoms with Crippen LogP contribution in [0.2, 0.25) is 0 Å². The van der Waals surface area contributed by atoms with E-state index >= 15 is 0 Å². The molecule has 6 heteroatoms. The Morgan fingerprint density at radius 1 is 0.355 bits per heavy atom. The monoisotopic (exact) mass is 1040 g/mol. The molecular weight excluding hydrogens is 958 g/mol. The van der Waals surface area contributed by atoms with Gasteiger partial charge in [0, 0.05) is 63.8 Å². The first-order valence-corrected chi connectivity index (χ1v) is 29.3. The molecule has 0 aliphatic carbocycles. The predicted octanol–water partition coefficient (Wildman–Crippen LogP) is 19.5. The summed E-state index contributed by atoms with van der Waals surface area (Å²) >= 11 is 4.10. The zero-order chi connectivity index (χ0) is 54.4. The van der Waals surface area contributed by atoms with Crippen molar-refractivity contribution in [3.05, 3.63) is 179 Å². The fraction of sp³-hybridized carbons (Fsp3) is 0.343. The van der Waals surface area contributed by atoms with Crippen molar-refractivity contribution in [3.8, 4) is 0 Å². The Kier molecular flexibility index (Phi) is 12.1. The average Bonchev–Trinajstić information content (AvgIpc) is 3.96. The van der Waals surface area contributed by atoms with Crippen molar-refractivity contribution in [3.63, 3.8) is 0 Å². The molecule has 7 aromatic carbocycles. The number of benzene rings is 7. The summed E-state index contributed by atoms with van der Waals surface area (Å²) in [7, 11) is 0. The van der Waals surface area contributed by atoms with Crippen LogP contribution in [0.3, 0.4) is 0 Å². The number of nitrogens with zero attached hydrogens (tertiary/aromatic N) is 3. The maximum atomic E-state index is 2.68. The number of hydrogen-bond acceptors (Lipinski definition) is 5. The van der Waals surface area contributed by atoms with Gasteiger partial charge in [0.25, 0.3) is 6.71 Å². The number of anilines is 9. The molecule has 0 spiro atoms. The molecule has 0 saturated heterocycles. The molecule has 0 bridgehead atoms. The molecule has 0 N–H and O–H groups in total. The largest absolute Gasteiger partial charge is 0.310 e. The summed E-state index contributed by atoms with van der Waals surface area (Å²) in [5.41, 5.74) is 20.0. The van der Waals surface area contributed by atoms with Crippen LogP contribution < -0.4 is 29.7 Å². The van der Waals surface area contributed by atoms with Crippen LogP contribution >= 0.6 is 22.7 Å². The van der Waals surface area contributed by atoms with Gasteiger partial charge >= 0.3 is 0 Å². The van der Waals surface area contributed by atoms with Crippen LogP contribution in [0.25, 0.3) is 20.2 Å². The Bertz CT molecular complexity index is 3450. The molecular formula is C70H78BN3S2. The van der Waals surface area contributed by atoms with Gasteiger partial charge in [0.15, 0.2) is 0 Å². The quantitative estimate of drug-likeness (QED) is 0.159. The lowest BCUT2D eigenvalue weighted by molar-refractivity contribution is 0.573. The van der Waals surface area contributed by atoms with Crippen molar-refractivity contribution in [2.24, 2.45) is 0 Å². The molecule has 0 saturated carbocycles. The summed E-state index contributed by atoms with van der Waals surface area (Å²) in [4.78, 5) is 7.84. The molecule has 9 aromatic rings. The van der Waals surface area contributed by atoms with E-state index in [4.69, 9.17) is 0 Å². The normalized spacial score (nSPS) is 14.1. The molecule has 0 atom stereocenters. The van der Waals surface area contributed by atoms with Gasteiger partial charge in [0.2, 0.25) is 0 Å². The molecule has 2 aliphatic heterocycles. The minimum atomic E-state index is -0.0977. The summed E-state index contributed by atoms with van der Waals surface area (Å²) in [6, 6.07) is 56.3. The lowest BCUT2D eigenvalue weighted by atomic mass is 9.39. The molecule has 0 amide bonds. The molecule has 0 radical (unpaired) electrons. The molecule has 388 valence electrons. The van der Waals surface area contributed by atoms with Crippen LogP contribution in [0.15, 0.2) is 146 Å². The van der Waals surface area contributed by atoms with Gasteiger partial charge < -0.3 is 14.7 Å². The predicted molar refractivity (Wildman–Crippen MR) is 338 cm³/mol. The third kappa shape index (κ3) is 8.80. The van der Waals surface area contributed by atoms with Gasteiger partial charge in [0.05, 0.1) is 17.1 Å². The summed E-state index contributed by atoms with van der Waals surface area (Å²) in [5.74, 6) is 0. The molecule has 3 nitrogen and oxygen atoms in total. The maximum Gasteiger partial charge on any atom is 0.277 e. The minimum Gasteiger partial charge on any atom is -0.310 e. The number of fused-ring (bicyclic) bond motifs is 8. The SMILES string of the molecule is CC(C)(C)c1ccc(N2c3cc(N(c4ccccc4)c4ccccc4)cc4c3B(c3sc5c(C(C)(C)C)cc(C(C)(C)C)cc5c32)c2sc3c(C(C)(C)C)cc(C(C)(C)C)cc3c2N4c2ccc(C(C)(C)C)cc2)cc1. The first-order chi connectivity index (χ1) is 35.5. The number of rotatable bonds is 5. The van der Waals surface area contributed by atoms with Gasteiger partial charge in [-0.1, -0.05) is 197 Å². The highest BCUT2D eigenvalue weighted by molar-refractivity contribution is 7.41. The molecule has 0 fully saturated rings. The van der Waals surface area contributed by atoms with E-state index in [-0.39, 0.29) is 39.2 Å². The fourth-order valence-electron chi connectivity index (χ4n) is 11.6. The Hall–Kier alpha value is -6.08. The van der Waals surface area contributed by atoms with E-state index in [1.807, 2.05) is 22.7 Å². The lowest BCUT2D eigenvalue weighted by Gasteiger charge is -2.43. The van der Waals surface area contributed by atoms with Crippen molar-refractivity contribution >= 4 is 116 Å². The van der Waals surface area contributed by atoms with E-state index in [0.717, 1.165) is 17.1 Å². The van der Waals surface area contributed by atoms with E-state index in [0.29, 0.717) is 0 Å². The Morgan fingerprint density at radius 3 is 1.01 bits per heavy atom. The van der Waals surface area contributed by atoms with Crippen LogP contribution in [0.5, 0.6) is 0 Å². The van der Waals surface area contributed by atoms with Crippen LogP contribution in [0, 0.1) is 0 Å². The molecule has 0 unspecified atom stereocenters. The third-order valence-electron chi connectivity index (χ3n) is 16.1. The van der Waals surface area contributed by atoms with Crippen LogP contribution in [0.1, 0.15) is 158 Å². The average molecular weight is 1040 g/mol. The molecule has 4 heterocycles. The van der Waals surface area contributed by atoms with Crippen molar-refractivity contribution in [2.45, 2.75) is 157 Å². The van der Waals surface area contributed by atoms with E-state index in [9.17, 15) is 0 Å². The minimum absolute atomic E-state index is 0.000682. The number of thiophene rings is 2. The number of para-hydroxylation sites is 2. The summed E-state index contributed by atoms with van der Waals surface area (Å²) in [6.45, 7) is 42.6. The smallest absolute Gasteiger partial charge is 0.277 e. The Labute approximate surface area is 463 Å². The van der Waals surface area contributed by atoms with Crippen molar-refractivity contribution in [2.75, 3.05) is 14.7 Å². The zero-order valence-electron chi connectivity index (χ0n) is 48.6. The fourth-order valence-corrected chi connectivity index (χ4v) is 14.9. The molecule has 2 aliphatic rings. The van der Waals surface area contributed by atoms with Crippen molar-refractivity contribution in [1.29, 1.82) is 0 Å². The van der Waals surface area contributed by atoms with E-state index < -0.39 is 0 Å². The van der Waals surface area contributed by atoms with Crippen LogP contribution in [0.4, 0.5) is 51.2 Å². The first kappa shape index (κ1) is 52.0. The second kappa shape index (κ2) is 17.7. The highest BCUT2D eigenvalue weighted by Gasteiger charge is 2.49. The van der Waals surface area contributed by atoms with Crippen LogP contribution in [-0.2, 0) is 32.5 Å². The highest BCUT2D eigenvalue weighted by Crippen LogP contribution is 2.55. The van der Waals surface area contributed by atoms with Gasteiger partial charge in [-0.25, -0.2) is 0 Å². The van der Waals surface area contributed by atoms with E-state index in [1.54, 1.807) is 0 Å². The topological polar surface area (TPSA) is 9.72 Å². The standard InChI is InChI=1S/C70H78BN3S2/c1-65(2,3)43-29-33-49(34-30-43)73-56-41-51(72(47-25-21-19-22-26-47)48-27-23-20-24-28-48)42-57-58(56)71(63-59(73)52-37-45(67(7,8)9)39-54(61(52)75-63)69(13,14)15)64-60(74(57)50-35-31-44(32-36-50)66(4,5)6)53-38-46(68(10,11)12)40-55(62(53)76-64)70(16,17)18/h19-42H,1-18H3. The zero-order valence-corrected chi connectivity index (χ0v) is 50.2. The second-order valence-corrected chi connectivity index (χ2v) is 30.1. The summed E-state index contributed by atoms with van der Waals surface area (Å²) in [6.07, 6.45) is 0. The second-order valence-electron chi connectivity index (χ2n) is 28.0. The molecule has 76 heavy (non-hydrogen) atoms. The van der Waals surface area contributed by atoms with Gasteiger partial charge in [-0.3, -0.25) is 0 Å². The highest BCUT2D eigenvalue weighted by atomic mass is 32.1. The molecule has 11 rings (SSSR count). The van der Waals surface area contributed by atoms with E-state index in [2.05, 4.69) is 285 Å². The summed E-state index contributed by atoms with van der Waals surface area (Å²) in [5, 5.41) is 2.68. The van der Waals surface area contributed by atoms with Gasteiger partial charge in [-0.2, -0.15) is 0 Å². The van der Waals surface area contributed by atoms with Gasteiger partial charge in [0.1, 0.15) is 0 Å². The number of hydrogen-bond donors (Lipinski definition) is 0.